The number of aldehydes is 1. The van der Waals surface area contributed by atoms with Crippen molar-refractivity contribution in [3.05, 3.63) is 97.6 Å². The summed E-state index contributed by atoms with van der Waals surface area (Å²) in [7, 11) is 0. The number of hydrogen-bond acceptors (Lipinski definition) is 17. The van der Waals surface area contributed by atoms with Gasteiger partial charge in [0.15, 0.2) is 17.8 Å². The van der Waals surface area contributed by atoms with Crippen LogP contribution in [0.1, 0.15) is 139 Å². The van der Waals surface area contributed by atoms with E-state index in [0.717, 1.165) is 88.9 Å². The first kappa shape index (κ1) is 59.5. The second-order valence-corrected chi connectivity index (χ2v) is 20.0. The second kappa shape index (κ2) is 33.4. The number of carbonyl (C=O) groups is 6. The van der Waals surface area contributed by atoms with Crippen LogP contribution in [0.3, 0.4) is 0 Å². The van der Waals surface area contributed by atoms with Crippen molar-refractivity contribution in [1.82, 2.24) is 0 Å². The van der Waals surface area contributed by atoms with Gasteiger partial charge in [-0.15, -0.1) is 0 Å². The van der Waals surface area contributed by atoms with E-state index in [9.17, 15) is 28.8 Å². The van der Waals surface area contributed by atoms with Crippen molar-refractivity contribution in [2.45, 2.75) is 135 Å². The summed E-state index contributed by atoms with van der Waals surface area (Å²) in [4.78, 5) is 95.6. The Hall–Kier alpha value is -6.72. The minimum Gasteiger partial charge on any atom is -0.494 e. The Morgan fingerprint density at radius 2 is 0.870 bits per heavy atom. The zero-order valence-electron chi connectivity index (χ0n) is 44.3. The molecule has 0 N–H and O–H groups in total. The Kier molecular flexibility index (Phi) is 25.9. The van der Waals surface area contributed by atoms with Gasteiger partial charge < -0.3 is 42.9 Å². The van der Waals surface area contributed by atoms with Crippen molar-refractivity contribution in [2.75, 3.05) is 39.6 Å². The van der Waals surface area contributed by atoms with Crippen molar-refractivity contribution in [3.63, 3.8) is 0 Å². The van der Waals surface area contributed by atoms with Crippen LogP contribution >= 0.6 is 0 Å². The van der Waals surface area contributed by atoms with Crippen LogP contribution < -0.4 is 28.7 Å². The topological polar surface area (TPSA) is 204 Å². The Bertz CT molecular complexity index is 2310. The average molecular weight is 1070 g/mol. The molecule has 0 amide bonds. The third-order valence-electron chi connectivity index (χ3n) is 14.2. The molecule has 17 nitrogen and oxygen atoms in total. The van der Waals surface area contributed by atoms with Crippen LogP contribution in [0.2, 0.25) is 0 Å². The summed E-state index contributed by atoms with van der Waals surface area (Å²) in [5, 5.41) is 0. The largest absolute Gasteiger partial charge is 0.494 e. The molecule has 3 fully saturated rings. The van der Waals surface area contributed by atoms with Crippen molar-refractivity contribution in [3.8, 4) is 34.5 Å². The number of unbranched alkanes of at least 4 members (excludes halogenated alkanes) is 6. The lowest BCUT2D eigenvalue weighted by Crippen LogP contribution is -2.33. The first-order chi connectivity index (χ1) is 37.6. The number of hydrogen-bond donors (Lipinski definition) is 0. The molecule has 0 unspecified atom stereocenters. The molecule has 418 valence electrons. The standard InChI is InChI=1S/C60H76O17/c1-3-56(62)69-37-11-7-5-9-35-67-49-25-29-52(30-26-49)74-59(65)46-19-15-44(16-20-46)42-72-77-55-34-33-54(39-48(55)40-61)75-60(66)47-21-23-51(24-22-47)73-58(64)45-17-13-43(14-18-45)41-71-76-53-31-27-50(28-32-53)68-36-10-6-8-12-38-70-57(63)4-2/h3-4,25-34,39-40,43-47,51H,1-2,5-24,35-38,41-42H2. The maximum atomic E-state index is 13.2. The van der Waals surface area contributed by atoms with Crippen LogP contribution in [-0.2, 0) is 48.0 Å². The normalized spacial score (nSPS) is 20.1. The lowest BCUT2D eigenvalue weighted by Gasteiger charge is -2.30. The molecule has 3 aromatic rings. The molecule has 0 heterocycles. The Labute approximate surface area is 452 Å². The molecule has 0 atom stereocenters. The third-order valence-corrected chi connectivity index (χ3v) is 14.2. The summed E-state index contributed by atoms with van der Waals surface area (Å²) >= 11 is 0. The van der Waals surface area contributed by atoms with E-state index in [-0.39, 0.29) is 71.3 Å². The Morgan fingerprint density at radius 3 is 1.36 bits per heavy atom. The smallest absolute Gasteiger partial charge is 0.330 e. The molecule has 0 saturated heterocycles. The highest BCUT2D eigenvalue weighted by molar-refractivity contribution is 5.82. The minimum absolute atomic E-state index is 0.152. The quantitative estimate of drug-likeness (QED) is 0.00813. The second-order valence-electron chi connectivity index (χ2n) is 20.0. The molecular formula is C60H76O17. The fourth-order valence-electron chi connectivity index (χ4n) is 9.51. The maximum Gasteiger partial charge on any atom is 0.330 e. The van der Waals surface area contributed by atoms with Crippen LogP contribution in [0.4, 0.5) is 0 Å². The van der Waals surface area contributed by atoms with Crippen molar-refractivity contribution in [2.24, 2.45) is 29.6 Å². The van der Waals surface area contributed by atoms with Crippen LogP contribution in [0.5, 0.6) is 34.5 Å². The molecule has 3 aromatic carbocycles. The van der Waals surface area contributed by atoms with Crippen LogP contribution in [0.25, 0.3) is 0 Å². The molecule has 17 heteroatoms. The van der Waals surface area contributed by atoms with E-state index in [4.69, 9.17) is 52.7 Å². The van der Waals surface area contributed by atoms with Gasteiger partial charge >= 0.3 is 29.8 Å². The molecule has 3 saturated carbocycles. The van der Waals surface area contributed by atoms with Crippen molar-refractivity contribution in [1.29, 1.82) is 0 Å². The van der Waals surface area contributed by atoms with E-state index in [1.807, 2.05) is 12.1 Å². The summed E-state index contributed by atoms with van der Waals surface area (Å²) in [6, 6.07) is 18.8. The lowest BCUT2D eigenvalue weighted by molar-refractivity contribution is -0.218. The van der Waals surface area contributed by atoms with Gasteiger partial charge in [-0.05, 0) is 207 Å². The highest BCUT2D eigenvalue weighted by Crippen LogP contribution is 2.35. The molecule has 0 aliphatic heterocycles. The lowest BCUT2D eigenvalue weighted by atomic mass is 9.82. The monoisotopic (exact) mass is 1070 g/mol. The fourth-order valence-corrected chi connectivity index (χ4v) is 9.51. The van der Waals surface area contributed by atoms with Gasteiger partial charge in [0.2, 0.25) is 0 Å². The minimum atomic E-state index is -0.405. The molecule has 0 aromatic heterocycles. The number of benzene rings is 3. The zero-order chi connectivity index (χ0) is 54.5. The average Bonchev–Trinajstić information content (AvgIpc) is 3.45. The van der Waals surface area contributed by atoms with E-state index >= 15 is 0 Å². The van der Waals surface area contributed by atoms with Gasteiger partial charge in [-0.3, -0.25) is 19.2 Å². The predicted molar refractivity (Wildman–Crippen MR) is 282 cm³/mol. The summed E-state index contributed by atoms with van der Waals surface area (Å²) < 4.78 is 38.8. The van der Waals surface area contributed by atoms with E-state index in [1.165, 1.54) is 18.2 Å². The molecule has 6 rings (SSSR count). The van der Waals surface area contributed by atoms with E-state index in [1.54, 1.807) is 42.5 Å². The number of rotatable bonds is 33. The van der Waals surface area contributed by atoms with E-state index in [0.29, 0.717) is 108 Å². The molecule has 0 radical (unpaired) electrons. The van der Waals surface area contributed by atoms with E-state index in [2.05, 4.69) is 13.2 Å². The maximum absolute atomic E-state index is 13.2. The van der Waals surface area contributed by atoms with Gasteiger partial charge in [0.1, 0.15) is 29.1 Å². The van der Waals surface area contributed by atoms with E-state index < -0.39 is 17.9 Å². The number of esters is 5. The van der Waals surface area contributed by atoms with Crippen molar-refractivity contribution >= 4 is 36.1 Å². The summed E-state index contributed by atoms with van der Waals surface area (Å²) in [6.07, 6.45) is 17.8. The first-order valence-electron chi connectivity index (χ1n) is 27.4. The molecule has 0 spiro atoms. The first-order valence-corrected chi connectivity index (χ1v) is 27.4. The predicted octanol–water partition coefficient (Wildman–Crippen LogP) is 11.4. The van der Waals surface area contributed by atoms with Gasteiger partial charge in [0.05, 0.1) is 63.0 Å². The number of carbonyl (C=O) groups excluding carboxylic acids is 6. The summed E-state index contributed by atoms with van der Waals surface area (Å²) in [5.74, 6) is 0.870. The number of ether oxygens (including phenoxy) is 7. The van der Waals surface area contributed by atoms with Gasteiger partial charge in [-0.25, -0.2) is 9.59 Å². The molecule has 77 heavy (non-hydrogen) atoms. The molecule has 3 aliphatic rings. The zero-order valence-corrected chi connectivity index (χ0v) is 44.3. The van der Waals surface area contributed by atoms with Gasteiger partial charge in [0, 0.05) is 12.2 Å². The van der Waals surface area contributed by atoms with Crippen LogP contribution in [-0.4, -0.2) is 81.9 Å². The summed E-state index contributed by atoms with van der Waals surface area (Å²) in [5.41, 5.74) is 0.167. The van der Waals surface area contributed by atoms with Crippen LogP contribution in [0, 0.1) is 29.6 Å². The highest BCUT2D eigenvalue weighted by atomic mass is 17.2. The summed E-state index contributed by atoms with van der Waals surface area (Å²) in [6.45, 7) is 9.38. The van der Waals surface area contributed by atoms with Crippen molar-refractivity contribution < 1.29 is 81.5 Å². The molecule has 0 bridgehead atoms. The third kappa shape index (κ3) is 21.7. The highest BCUT2D eigenvalue weighted by Gasteiger charge is 2.34. The van der Waals surface area contributed by atoms with Gasteiger partial charge in [-0.2, -0.15) is 9.78 Å². The van der Waals surface area contributed by atoms with Gasteiger partial charge in [0.25, 0.3) is 0 Å². The van der Waals surface area contributed by atoms with Gasteiger partial charge in [-0.1, -0.05) is 13.2 Å². The Morgan fingerprint density at radius 1 is 0.455 bits per heavy atom. The molecular weight excluding hydrogens is 993 g/mol. The SMILES string of the molecule is C=CC(=O)OCCCCCCOc1ccc(OOCC2CCC(C(=O)OC3CCC(C(=O)Oc4ccc(OOCC5CCC(C(=O)Oc6ccc(OCCCCCCOC(=O)C=C)cc6)CC5)c(C=O)c4)CC3)CC2)cc1. The fraction of sp³-hybridized carbons (Fsp3) is 0.533. The van der Waals surface area contributed by atoms with Crippen LogP contribution in [0.15, 0.2) is 92.0 Å². The molecule has 3 aliphatic carbocycles. The Balaban J connectivity index is 0.775.